The highest BCUT2D eigenvalue weighted by Gasteiger charge is 2.43. The summed E-state index contributed by atoms with van der Waals surface area (Å²) in [5.74, 6) is -1.90. The Bertz CT molecular complexity index is 473. The second-order valence-corrected chi connectivity index (χ2v) is 4.35. The van der Waals surface area contributed by atoms with E-state index < -0.39 is 18.1 Å². The lowest BCUT2D eigenvalue weighted by Gasteiger charge is -2.29. The van der Waals surface area contributed by atoms with Crippen LogP contribution in [0.1, 0.15) is 18.5 Å². The maximum absolute atomic E-state index is 12.5. The van der Waals surface area contributed by atoms with E-state index in [1.807, 2.05) is 0 Å². The maximum atomic E-state index is 12.5. The Morgan fingerprint density at radius 3 is 2.53 bits per heavy atom. The number of hydrogen-bond acceptors (Lipinski definition) is 1. The van der Waals surface area contributed by atoms with E-state index in [9.17, 15) is 18.0 Å². The van der Waals surface area contributed by atoms with Crippen LogP contribution < -0.4 is 0 Å². The van der Waals surface area contributed by atoms with Crippen LogP contribution in [0.5, 0.6) is 0 Å². The van der Waals surface area contributed by atoms with E-state index in [1.165, 1.54) is 13.0 Å². The highest BCUT2D eigenvalue weighted by Crippen LogP contribution is 2.30. The van der Waals surface area contributed by atoms with Crippen molar-refractivity contribution in [2.45, 2.75) is 19.1 Å². The van der Waals surface area contributed by atoms with Crippen molar-refractivity contribution in [3.63, 3.8) is 0 Å². The molecule has 0 aliphatic rings. The van der Waals surface area contributed by atoms with Gasteiger partial charge in [-0.25, -0.2) is 0 Å². The minimum atomic E-state index is -4.92. The molecule has 0 bridgehead atoms. The van der Waals surface area contributed by atoms with Gasteiger partial charge in [0.1, 0.15) is 0 Å². The van der Waals surface area contributed by atoms with Gasteiger partial charge in [0, 0.05) is 11.6 Å². The lowest BCUT2D eigenvalue weighted by molar-refractivity contribution is -0.187. The average Bonchev–Trinajstić information content (AvgIpc) is 2.34. The van der Waals surface area contributed by atoms with Crippen LogP contribution in [0.25, 0.3) is 0 Å². The van der Waals surface area contributed by atoms with E-state index in [2.05, 4.69) is 6.58 Å². The lowest BCUT2D eigenvalue weighted by Crippen LogP contribution is -2.42. The first-order valence-corrected chi connectivity index (χ1v) is 5.90. The molecule has 1 unspecified atom stereocenters. The minimum Gasteiger partial charge on any atom is -0.324 e. The minimum absolute atomic E-state index is 0.204. The molecule has 19 heavy (non-hydrogen) atoms. The van der Waals surface area contributed by atoms with Gasteiger partial charge in [-0.2, -0.15) is 13.2 Å². The third-order valence-corrected chi connectivity index (χ3v) is 3.00. The van der Waals surface area contributed by atoms with Gasteiger partial charge in [-0.15, -0.1) is 6.58 Å². The zero-order valence-electron chi connectivity index (χ0n) is 10.2. The number of benzene rings is 1. The van der Waals surface area contributed by atoms with E-state index in [-0.39, 0.29) is 6.54 Å². The quantitative estimate of drug-likeness (QED) is 0.769. The monoisotopic (exact) mass is 291 g/mol. The van der Waals surface area contributed by atoms with Gasteiger partial charge in [0.2, 0.25) is 0 Å². The van der Waals surface area contributed by atoms with Gasteiger partial charge in [0.15, 0.2) is 0 Å². The van der Waals surface area contributed by atoms with E-state index in [0.29, 0.717) is 15.5 Å². The van der Waals surface area contributed by atoms with Gasteiger partial charge >= 0.3 is 12.1 Å². The van der Waals surface area contributed by atoms with Crippen LogP contribution in [-0.4, -0.2) is 23.5 Å². The summed E-state index contributed by atoms with van der Waals surface area (Å²) in [7, 11) is 0. The number of halogens is 4. The van der Waals surface area contributed by atoms with Crippen molar-refractivity contribution in [1.29, 1.82) is 0 Å². The third-order valence-electron chi connectivity index (χ3n) is 2.65. The van der Waals surface area contributed by atoms with Crippen LogP contribution in [0.4, 0.5) is 13.2 Å². The Morgan fingerprint density at radius 1 is 1.47 bits per heavy atom. The molecule has 0 aliphatic heterocycles. The summed E-state index contributed by atoms with van der Waals surface area (Å²) in [6, 6.07) is 5.69. The van der Waals surface area contributed by atoms with Crippen molar-refractivity contribution in [2.75, 3.05) is 6.54 Å². The summed E-state index contributed by atoms with van der Waals surface area (Å²) in [4.78, 5) is 12.1. The summed E-state index contributed by atoms with van der Waals surface area (Å²) < 4.78 is 37.6. The van der Waals surface area contributed by atoms with Crippen molar-refractivity contribution in [2.24, 2.45) is 0 Å². The molecule has 1 amide bonds. The van der Waals surface area contributed by atoms with Crippen molar-refractivity contribution in [3.05, 3.63) is 47.5 Å². The van der Waals surface area contributed by atoms with Gasteiger partial charge in [-0.1, -0.05) is 35.9 Å². The van der Waals surface area contributed by atoms with Gasteiger partial charge in [-0.05, 0) is 18.6 Å². The molecule has 104 valence electrons. The van der Waals surface area contributed by atoms with E-state index in [1.54, 1.807) is 24.3 Å². The summed E-state index contributed by atoms with van der Waals surface area (Å²) in [5.41, 5.74) is 0.462. The second-order valence-electron chi connectivity index (χ2n) is 3.94. The maximum Gasteiger partial charge on any atom is 0.471 e. The van der Waals surface area contributed by atoms with Gasteiger partial charge < -0.3 is 4.90 Å². The summed E-state index contributed by atoms with van der Waals surface area (Å²) >= 11 is 5.94. The average molecular weight is 292 g/mol. The van der Waals surface area contributed by atoms with Crippen LogP contribution in [0, 0.1) is 0 Å². The normalized spacial score (nSPS) is 12.9. The molecular formula is C13H13ClF3NO. The fourth-order valence-electron chi connectivity index (χ4n) is 1.70. The third kappa shape index (κ3) is 3.73. The molecule has 0 spiro atoms. The first-order chi connectivity index (χ1) is 8.79. The molecule has 1 aromatic rings. The number of hydrogen-bond donors (Lipinski definition) is 0. The van der Waals surface area contributed by atoms with Gasteiger partial charge in [0.25, 0.3) is 0 Å². The smallest absolute Gasteiger partial charge is 0.324 e. The van der Waals surface area contributed by atoms with Crippen LogP contribution in [0.15, 0.2) is 36.9 Å². The van der Waals surface area contributed by atoms with Crippen LogP contribution >= 0.6 is 11.6 Å². The molecule has 6 heteroatoms. The van der Waals surface area contributed by atoms with E-state index in [0.717, 1.165) is 0 Å². The summed E-state index contributed by atoms with van der Waals surface area (Å²) in [6.07, 6.45) is -3.67. The van der Waals surface area contributed by atoms with Crippen molar-refractivity contribution in [1.82, 2.24) is 4.90 Å². The molecule has 2 nitrogen and oxygen atoms in total. The Balaban J connectivity index is 3.10. The van der Waals surface area contributed by atoms with Crippen LogP contribution in [0.3, 0.4) is 0 Å². The molecule has 0 N–H and O–H groups in total. The SMILES string of the molecule is C=CCN(C(=O)C(F)(F)F)C(C)c1ccccc1Cl. The Kier molecular flexibility index (Phi) is 5.00. The van der Waals surface area contributed by atoms with Crippen LogP contribution in [0.2, 0.25) is 5.02 Å². The molecular weight excluding hydrogens is 279 g/mol. The predicted molar refractivity (Wildman–Crippen MR) is 67.8 cm³/mol. The number of amides is 1. The standard InChI is InChI=1S/C13H13ClF3NO/c1-3-8-18(12(19)13(15,16)17)9(2)10-6-4-5-7-11(10)14/h3-7,9H,1,8H2,2H3. The molecule has 1 aromatic carbocycles. The second kappa shape index (κ2) is 6.10. The van der Waals surface area contributed by atoms with E-state index >= 15 is 0 Å². The van der Waals surface area contributed by atoms with Gasteiger partial charge in [0.05, 0.1) is 6.04 Å². The highest BCUT2D eigenvalue weighted by atomic mass is 35.5. The molecule has 0 fully saturated rings. The van der Waals surface area contributed by atoms with Crippen molar-refractivity contribution in [3.8, 4) is 0 Å². The molecule has 1 rings (SSSR count). The van der Waals surface area contributed by atoms with Crippen molar-refractivity contribution >= 4 is 17.5 Å². The van der Waals surface area contributed by atoms with Crippen molar-refractivity contribution < 1.29 is 18.0 Å². The first kappa shape index (κ1) is 15.6. The molecule has 0 aromatic heterocycles. The number of nitrogens with zero attached hydrogens (tertiary/aromatic N) is 1. The zero-order valence-corrected chi connectivity index (χ0v) is 11.0. The summed E-state index contributed by atoms with van der Waals surface area (Å²) in [5, 5.41) is 0.319. The summed E-state index contributed by atoms with van der Waals surface area (Å²) in [6.45, 7) is 4.66. The first-order valence-electron chi connectivity index (χ1n) is 5.52. The number of carbonyl (C=O) groups excluding carboxylic acids is 1. The molecule has 0 aliphatic carbocycles. The Morgan fingerprint density at radius 2 is 2.05 bits per heavy atom. The Labute approximate surface area is 114 Å². The fraction of sp³-hybridized carbons (Fsp3) is 0.308. The molecule has 0 radical (unpaired) electrons. The molecule has 0 heterocycles. The number of carbonyl (C=O) groups is 1. The van der Waals surface area contributed by atoms with E-state index in [4.69, 9.17) is 11.6 Å². The van der Waals surface area contributed by atoms with Gasteiger partial charge in [-0.3, -0.25) is 4.79 Å². The zero-order chi connectivity index (χ0) is 14.6. The number of alkyl halides is 3. The van der Waals surface area contributed by atoms with Crippen LogP contribution in [-0.2, 0) is 4.79 Å². The highest BCUT2D eigenvalue weighted by molar-refractivity contribution is 6.31. The number of rotatable bonds is 4. The topological polar surface area (TPSA) is 20.3 Å². The predicted octanol–water partition coefficient (Wildman–Crippen LogP) is 3.98. The molecule has 0 saturated heterocycles. The lowest BCUT2D eigenvalue weighted by atomic mass is 10.1. The fourth-order valence-corrected chi connectivity index (χ4v) is 1.99. The molecule has 0 saturated carbocycles. The Hall–Kier alpha value is -1.49. The largest absolute Gasteiger partial charge is 0.471 e. The molecule has 1 atom stereocenters.